The van der Waals surface area contributed by atoms with Crippen LogP contribution in [0.4, 0.5) is 0 Å². The molecular formula is C18H18. The van der Waals surface area contributed by atoms with Crippen LogP contribution in [-0.2, 0) is 6.42 Å². The molecule has 0 spiro atoms. The summed E-state index contributed by atoms with van der Waals surface area (Å²) >= 11 is 0. The van der Waals surface area contributed by atoms with E-state index < -0.39 is 0 Å². The zero-order valence-electron chi connectivity index (χ0n) is 11.0. The third kappa shape index (κ3) is 1.99. The second kappa shape index (κ2) is 4.13. The molecule has 0 N–H and O–H groups in total. The maximum Gasteiger partial charge on any atom is -0.0125 e. The third-order valence-electron chi connectivity index (χ3n) is 3.57. The minimum atomic E-state index is 0.236. The van der Waals surface area contributed by atoms with E-state index in [4.69, 9.17) is 0 Å². The van der Waals surface area contributed by atoms with Crippen LogP contribution in [0.25, 0.3) is 5.57 Å². The first kappa shape index (κ1) is 11.3. The molecule has 0 heteroatoms. The minimum absolute atomic E-state index is 0.236. The van der Waals surface area contributed by atoms with Crippen molar-refractivity contribution in [2.45, 2.75) is 20.3 Å². The molecule has 0 aliphatic heterocycles. The lowest BCUT2D eigenvalue weighted by atomic mass is 9.74. The normalized spacial score (nSPS) is 16.9. The Kier molecular flexibility index (Phi) is 2.59. The minimum Gasteiger partial charge on any atom is -0.0700 e. The van der Waals surface area contributed by atoms with Crippen molar-refractivity contribution in [1.29, 1.82) is 0 Å². The van der Waals surface area contributed by atoms with E-state index in [2.05, 4.69) is 74.5 Å². The zero-order chi connectivity index (χ0) is 12.6. The summed E-state index contributed by atoms with van der Waals surface area (Å²) in [4.78, 5) is 0. The van der Waals surface area contributed by atoms with Crippen LogP contribution in [0.2, 0.25) is 0 Å². The molecule has 0 saturated carbocycles. The maximum atomic E-state index is 2.42. The first-order chi connectivity index (χ1) is 8.66. The van der Waals surface area contributed by atoms with Gasteiger partial charge in [-0.25, -0.2) is 0 Å². The van der Waals surface area contributed by atoms with Crippen LogP contribution >= 0.6 is 0 Å². The molecule has 3 rings (SSSR count). The van der Waals surface area contributed by atoms with E-state index in [0.717, 1.165) is 6.42 Å². The molecule has 90 valence electrons. The van der Waals surface area contributed by atoms with Crippen molar-refractivity contribution >= 4 is 5.57 Å². The highest BCUT2D eigenvalue weighted by Crippen LogP contribution is 2.39. The topological polar surface area (TPSA) is 0 Å². The monoisotopic (exact) mass is 234 g/mol. The highest BCUT2D eigenvalue weighted by atomic mass is 14.3. The van der Waals surface area contributed by atoms with Gasteiger partial charge in [0.1, 0.15) is 0 Å². The van der Waals surface area contributed by atoms with E-state index >= 15 is 0 Å². The molecule has 1 aliphatic rings. The van der Waals surface area contributed by atoms with Gasteiger partial charge in [0.15, 0.2) is 0 Å². The van der Waals surface area contributed by atoms with Crippen molar-refractivity contribution in [3.63, 3.8) is 0 Å². The standard InChI is InChI=1S/C18H18/c1-18(2)12-15-10-6-7-11-16(15)17(13-18)14-8-4-3-5-9-14/h3-11,13H,12H2,1-2H3. The summed E-state index contributed by atoms with van der Waals surface area (Å²) in [6.45, 7) is 4.62. The molecule has 2 aromatic carbocycles. The van der Waals surface area contributed by atoms with Gasteiger partial charge in [-0.1, -0.05) is 74.5 Å². The molecule has 0 fully saturated rings. The van der Waals surface area contributed by atoms with E-state index in [9.17, 15) is 0 Å². The fourth-order valence-corrected chi connectivity index (χ4v) is 2.80. The Hall–Kier alpha value is -1.82. The molecule has 0 heterocycles. The van der Waals surface area contributed by atoms with Crippen LogP contribution in [-0.4, -0.2) is 0 Å². The maximum absolute atomic E-state index is 2.42. The summed E-state index contributed by atoms with van der Waals surface area (Å²) in [6.07, 6.45) is 3.55. The van der Waals surface area contributed by atoms with Gasteiger partial charge in [0.25, 0.3) is 0 Å². The number of rotatable bonds is 1. The second-order valence-corrected chi connectivity index (χ2v) is 5.75. The van der Waals surface area contributed by atoms with Crippen LogP contribution in [0, 0.1) is 5.41 Å². The SMILES string of the molecule is CC1(C)C=C(c2ccccc2)c2ccccc2C1. The Bertz CT molecular complexity index is 588. The fraction of sp³-hybridized carbons (Fsp3) is 0.222. The predicted molar refractivity (Wildman–Crippen MR) is 77.4 cm³/mol. The molecule has 2 aromatic rings. The van der Waals surface area contributed by atoms with Crippen LogP contribution in [0.3, 0.4) is 0 Å². The summed E-state index contributed by atoms with van der Waals surface area (Å²) in [5, 5.41) is 0. The third-order valence-corrected chi connectivity index (χ3v) is 3.57. The Morgan fingerprint density at radius 2 is 1.50 bits per heavy atom. The first-order valence-corrected chi connectivity index (χ1v) is 6.52. The highest BCUT2D eigenvalue weighted by Gasteiger charge is 2.25. The van der Waals surface area contributed by atoms with Gasteiger partial charge < -0.3 is 0 Å². The van der Waals surface area contributed by atoms with Crippen LogP contribution < -0.4 is 0 Å². The molecular weight excluding hydrogens is 216 g/mol. The van der Waals surface area contributed by atoms with E-state index in [1.165, 1.54) is 22.3 Å². The summed E-state index contributed by atoms with van der Waals surface area (Å²) in [7, 11) is 0. The first-order valence-electron chi connectivity index (χ1n) is 6.52. The molecule has 0 radical (unpaired) electrons. The lowest BCUT2D eigenvalue weighted by Crippen LogP contribution is -2.18. The van der Waals surface area contributed by atoms with Gasteiger partial charge in [-0.2, -0.15) is 0 Å². The Morgan fingerprint density at radius 1 is 0.833 bits per heavy atom. The van der Waals surface area contributed by atoms with Crippen molar-refractivity contribution < 1.29 is 0 Å². The molecule has 0 unspecified atom stereocenters. The van der Waals surface area contributed by atoms with Crippen LogP contribution in [0.15, 0.2) is 60.7 Å². The predicted octanol–water partition coefficient (Wildman–Crippen LogP) is 4.70. The number of hydrogen-bond acceptors (Lipinski definition) is 0. The van der Waals surface area contributed by atoms with E-state index in [1.807, 2.05) is 0 Å². The van der Waals surface area contributed by atoms with E-state index in [0.29, 0.717) is 0 Å². The van der Waals surface area contributed by atoms with Crippen molar-refractivity contribution in [2.24, 2.45) is 5.41 Å². The molecule has 0 aromatic heterocycles. The van der Waals surface area contributed by atoms with Crippen molar-refractivity contribution in [1.82, 2.24) is 0 Å². The fourth-order valence-electron chi connectivity index (χ4n) is 2.80. The average molecular weight is 234 g/mol. The lowest BCUT2D eigenvalue weighted by Gasteiger charge is -2.30. The van der Waals surface area contributed by atoms with Crippen LogP contribution in [0.1, 0.15) is 30.5 Å². The molecule has 18 heavy (non-hydrogen) atoms. The molecule has 0 nitrogen and oxygen atoms in total. The summed E-state index contributed by atoms with van der Waals surface area (Å²) in [6, 6.07) is 19.5. The number of fused-ring (bicyclic) bond motifs is 1. The van der Waals surface area contributed by atoms with E-state index in [1.54, 1.807) is 0 Å². The Morgan fingerprint density at radius 3 is 2.28 bits per heavy atom. The number of hydrogen-bond donors (Lipinski definition) is 0. The molecule has 0 atom stereocenters. The molecule has 0 bridgehead atoms. The summed E-state index contributed by atoms with van der Waals surface area (Å²) in [5.74, 6) is 0. The Balaban J connectivity index is 2.20. The molecule has 0 amide bonds. The van der Waals surface area contributed by atoms with E-state index in [-0.39, 0.29) is 5.41 Å². The van der Waals surface area contributed by atoms with Gasteiger partial charge in [-0.05, 0) is 34.1 Å². The quantitative estimate of drug-likeness (QED) is 0.671. The van der Waals surface area contributed by atoms with Gasteiger partial charge in [0.05, 0.1) is 0 Å². The zero-order valence-corrected chi connectivity index (χ0v) is 11.0. The highest BCUT2D eigenvalue weighted by molar-refractivity contribution is 5.83. The summed E-state index contributed by atoms with van der Waals surface area (Å²) < 4.78 is 0. The van der Waals surface area contributed by atoms with Gasteiger partial charge in [0.2, 0.25) is 0 Å². The largest absolute Gasteiger partial charge is 0.0700 e. The smallest absolute Gasteiger partial charge is 0.0125 e. The lowest BCUT2D eigenvalue weighted by molar-refractivity contribution is 0.473. The summed E-state index contributed by atoms with van der Waals surface area (Å²) in [5.41, 5.74) is 5.78. The second-order valence-electron chi connectivity index (χ2n) is 5.75. The van der Waals surface area contributed by atoms with Gasteiger partial charge in [-0.15, -0.1) is 0 Å². The van der Waals surface area contributed by atoms with Gasteiger partial charge in [0, 0.05) is 0 Å². The molecule has 1 aliphatic carbocycles. The van der Waals surface area contributed by atoms with Crippen LogP contribution in [0.5, 0.6) is 0 Å². The number of allylic oxidation sites excluding steroid dienone is 1. The van der Waals surface area contributed by atoms with Crippen molar-refractivity contribution in [3.05, 3.63) is 77.4 Å². The van der Waals surface area contributed by atoms with Crippen molar-refractivity contribution in [2.75, 3.05) is 0 Å². The molecule has 0 saturated heterocycles. The average Bonchev–Trinajstić information content (AvgIpc) is 2.38. The number of benzene rings is 2. The Labute approximate surface area is 109 Å². The van der Waals surface area contributed by atoms with Gasteiger partial charge >= 0.3 is 0 Å². The van der Waals surface area contributed by atoms with Crippen molar-refractivity contribution in [3.8, 4) is 0 Å². The van der Waals surface area contributed by atoms with Gasteiger partial charge in [-0.3, -0.25) is 0 Å².